The highest BCUT2D eigenvalue weighted by molar-refractivity contribution is 9.11. The second kappa shape index (κ2) is 21.3. The van der Waals surface area contributed by atoms with E-state index in [4.69, 9.17) is 23.2 Å². The molecule has 4 amide bonds. The highest BCUT2D eigenvalue weighted by atomic mass is 79.9. The van der Waals surface area contributed by atoms with E-state index in [9.17, 15) is 38.1 Å². The zero-order valence-corrected chi connectivity index (χ0v) is 41.6. The summed E-state index contributed by atoms with van der Waals surface area (Å²) >= 11 is 35.9. The number of hydrogen-bond acceptors (Lipinski definition) is 8. The number of barbiturate groups is 1. The molecule has 3 heterocycles. The number of aromatic nitrogens is 4. The van der Waals surface area contributed by atoms with Gasteiger partial charge in [0.15, 0.2) is 0 Å². The summed E-state index contributed by atoms with van der Waals surface area (Å²) in [6.45, 7) is 0. The smallest absolute Gasteiger partial charge is 0.339 e. The van der Waals surface area contributed by atoms with Crippen molar-refractivity contribution in [2.24, 2.45) is 0 Å². The average Bonchev–Trinajstić information content (AvgIpc) is 4.01. The molecule has 2 aromatic heterocycles. The molecule has 0 radical (unpaired) electrons. The lowest BCUT2D eigenvalue weighted by Gasteiger charge is -2.32. The van der Waals surface area contributed by atoms with Gasteiger partial charge in [-0.2, -0.15) is 0 Å². The molecule has 15 nitrogen and oxygen atoms in total. The van der Waals surface area contributed by atoms with Gasteiger partial charge in [0.25, 0.3) is 11.1 Å². The molecule has 0 bridgehead atoms. The van der Waals surface area contributed by atoms with Crippen LogP contribution in [0.5, 0.6) is 0 Å². The predicted octanol–water partition coefficient (Wildman–Crippen LogP) is 9.78. The van der Waals surface area contributed by atoms with Crippen LogP contribution in [0.1, 0.15) is 57.0 Å². The predicted molar refractivity (Wildman–Crippen MR) is 255 cm³/mol. The van der Waals surface area contributed by atoms with Crippen LogP contribution < -0.4 is 27.4 Å². The van der Waals surface area contributed by atoms with E-state index in [1.54, 1.807) is 60.7 Å². The molecule has 334 valence electrons. The number of anilines is 1. The van der Waals surface area contributed by atoms with E-state index in [0.717, 1.165) is 61.4 Å². The van der Waals surface area contributed by atoms with Gasteiger partial charge in [-0.25, -0.2) is 23.9 Å². The first-order chi connectivity index (χ1) is 29.2. The van der Waals surface area contributed by atoms with Crippen molar-refractivity contribution in [1.82, 2.24) is 23.2 Å². The number of imide groups is 2. The fourth-order valence-corrected chi connectivity index (χ4v) is 7.55. The number of benzene rings is 3. The van der Waals surface area contributed by atoms with Crippen LogP contribution in [-0.4, -0.2) is 52.5 Å². The van der Waals surface area contributed by atoms with Crippen LogP contribution in [0.3, 0.4) is 0 Å². The number of hydrogen-bond donors (Lipinski definition) is 0. The average molecular weight is 1180 g/mol. The molecule has 0 atom stereocenters. The summed E-state index contributed by atoms with van der Waals surface area (Å²) in [7, 11) is 0. The number of carbonyl (C=O) groups is 3. The molecule has 3 aromatic carbocycles. The molecular weight excluding hydrogens is 1140 g/mol. The Morgan fingerprint density at radius 1 is 0.508 bits per heavy atom. The zero-order chi connectivity index (χ0) is 45.2. The number of rotatable bonds is 6. The van der Waals surface area contributed by atoms with Gasteiger partial charge in [0.2, 0.25) is 11.8 Å². The van der Waals surface area contributed by atoms with E-state index >= 15 is 0 Å². The first-order valence-electron chi connectivity index (χ1n) is 18.5. The lowest BCUT2D eigenvalue weighted by molar-refractivity contribution is -0.135. The number of urea groups is 1. The van der Waals surface area contributed by atoms with Crippen molar-refractivity contribution in [2.75, 3.05) is 4.90 Å². The van der Waals surface area contributed by atoms with E-state index < -0.39 is 22.7 Å². The standard InChI is InChI=1S/2C13H10BrClN2O2.C13H11BrN2O3.Cl3OP.H2O/c14-8-1-3-10(4-2-8)17-12(18)7-11(15)16(13(17)19)9-5-6-9;14-8-1-3-9(4-2-8)16-11(15)7-12(18)17(13(16)19)10-5-6-10;14-8-1-3-9(4-2-8)15-11(17)7-12(18)16(13(15)19)10-5-6-10;1-5(2,3)4;/h1-4,7,9H,5-6H2;1-4,7,10H,5-6H2;1-4,10H,5-7H2;;1H2. The van der Waals surface area contributed by atoms with Crippen molar-refractivity contribution in [2.45, 2.75) is 63.1 Å². The molecule has 1 saturated heterocycles. The van der Waals surface area contributed by atoms with Gasteiger partial charge in [0.05, 0.1) is 17.1 Å². The van der Waals surface area contributed by atoms with E-state index in [1.165, 1.54) is 30.7 Å². The lowest BCUT2D eigenvalue weighted by atomic mass is 10.2. The van der Waals surface area contributed by atoms with Gasteiger partial charge < -0.3 is 5.48 Å². The van der Waals surface area contributed by atoms with Gasteiger partial charge in [-0.1, -0.05) is 71.0 Å². The van der Waals surface area contributed by atoms with Gasteiger partial charge in [-0.05, 0) is 145 Å². The molecule has 4 fully saturated rings. The first kappa shape index (κ1) is 50.7. The quantitative estimate of drug-likeness (QED) is 0.0910. The van der Waals surface area contributed by atoms with E-state index in [0.29, 0.717) is 17.1 Å². The summed E-state index contributed by atoms with van der Waals surface area (Å²) in [5.41, 5.74) is 0.206. The van der Waals surface area contributed by atoms with Crippen LogP contribution in [0.25, 0.3) is 11.4 Å². The van der Waals surface area contributed by atoms with Gasteiger partial charge in [0.1, 0.15) is 16.7 Å². The second-order valence-corrected chi connectivity index (χ2v) is 24.2. The third-order valence-corrected chi connectivity index (χ3v) is 11.5. The van der Waals surface area contributed by atoms with Gasteiger partial charge in [-0.3, -0.25) is 42.3 Å². The monoisotopic (exact) mass is 1170 g/mol. The highest BCUT2D eigenvalue weighted by Crippen LogP contribution is 2.61. The molecular formula is C39H33Br3Cl5N6O9P. The molecule has 4 aliphatic rings. The summed E-state index contributed by atoms with van der Waals surface area (Å²) < 4.78 is 17.5. The minimum Gasteiger partial charge on any atom is -0.412 e. The van der Waals surface area contributed by atoms with Crippen molar-refractivity contribution in [3.05, 3.63) is 150 Å². The van der Waals surface area contributed by atoms with Crippen LogP contribution in [-0.2, 0) is 14.2 Å². The Bertz CT molecular complexity index is 2820. The van der Waals surface area contributed by atoms with Crippen molar-refractivity contribution < 1.29 is 24.4 Å². The Hall–Kier alpha value is -3.29. The van der Waals surface area contributed by atoms with Crippen LogP contribution in [0.15, 0.2) is 118 Å². The molecule has 3 aliphatic carbocycles. The Morgan fingerprint density at radius 2 is 0.889 bits per heavy atom. The van der Waals surface area contributed by atoms with Crippen molar-refractivity contribution in [3.8, 4) is 11.4 Å². The molecule has 63 heavy (non-hydrogen) atoms. The lowest BCUT2D eigenvalue weighted by Crippen LogP contribution is -2.56. The topological polar surface area (TPSA) is 194 Å². The summed E-state index contributed by atoms with van der Waals surface area (Å²) in [5.74, 6) is -0.847. The Morgan fingerprint density at radius 3 is 1.33 bits per heavy atom. The number of halogens is 8. The largest absolute Gasteiger partial charge is 0.412 e. The van der Waals surface area contributed by atoms with Crippen molar-refractivity contribution in [3.63, 3.8) is 0 Å². The second-order valence-electron chi connectivity index (χ2n) is 14.1. The summed E-state index contributed by atoms with van der Waals surface area (Å²) in [4.78, 5) is 87.0. The molecule has 0 unspecified atom stereocenters. The van der Waals surface area contributed by atoms with Crippen molar-refractivity contribution in [1.29, 1.82) is 0 Å². The molecule has 9 rings (SSSR count). The van der Waals surface area contributed by atoms with Crippen LogP contribution in [0, 0.1) is 0 Å². The van der Waals surface area contributed by atoms with Crippen LogP contribution in [0.2, 0.25) is 10.3 Å². The fourth-order valence-electron chi connectivity index (χ4n) is 6.19. The molecule has 0 spiro atoms. The molecule has 3 saturated carbocycles. The molecule has 5 aromatic rings. The van der Waals surface area contributed by atoms with Gasteiger partial charge in [0, 0.05) is 43.7 Å². The summed E-state index contributed by atoms with van der Waals surface area (Å²) in [5, 5.41) is -2.87. The Labute approximate surface area is 407 Å². The molecule has 2 N–H and O–H groups in total. The maximum atomic E-state index is 12.4. The van der Waals surface area contributed by atoms with E-state index in [-0.39, 0.29) is 63.2 Å². The minimum absolute atomic E-state index is 0. The van der Waals surface area contributed by atoms with Crippen molar-refractivity contribution >= 4 is 133 Å². The van der Waals surface area contributed by atoms with Gasteiger partial charge in [-0.15, -0.1) is 0 Å². The summed E-state index contributed by atoms with van der Waals surface area (Å²) in [6, 6.07) is 23.3. The third kappa shape index (κ3) is 13.2. The van der Waals surface area contributed by atoms with Crippen LogP contribution in [0.4, 0.5) is 10.5 Å². The van der Waals surface area contributed by atoms with E-state index in [1.807, 2.05) is 12.1 Å². The highest BCUT2D eigenvalue weighted by Gasteiger charge is 2.45. The third-order valence-electron chi connectivity index (χ3n) is 9.39. The number of nitrogens with zero attached hydrogens (tertiary/aromatic N) is 6. The van der Waals surface area contributed by atoms with E-state index in [2.05, 4.69) is 81.5 Å². The SMILES string of the molecule is O.O=C1CC(=O)N(C2CC2)C(=O)N1c1ccc(Br)cc1.O=P(Cl)(Cl)Cl.O=c1cc(Cl)n(-c2ccc(Br)cc2)c(=O)n1C1CC1.O=c1cc(Cl)n(C2CC2)c(=O)n1-c1ccc(Br)cc1. The molecule has 24 heteroatoms. The summed E-state index contributed by atoms with van der Waals surface area (Å²) in [6.07, 6.45) is 5.03. The normalized spacial score (nSPS) is 15.8. The minimum atomic E-state index is -3.22. The number of amides is 4. The first-order valence-corrected chi connectivity index (χ1v) is 26.0. The van der Waals surface area contributed by atoms with Gasteiger partial charge >= 0.3 is 22.6 Å². The molecule has 1 aliphatic heterocycles. The zero-order valence-electron chi connectivity index (χ0n) is 32.2. The Kier molecular flexibility index (Phi) is 17.2. The van der Waals surface area contributed by atoms with Crippen LogP contribution >= 0.6 is 110 Å². The maximum Gasteiger partial charge on any atom is 0.339 e. The maximum absolute atomic E-state index is 12.4. The number of carbonyl (C=O) groups excluding carboxylic acids is 3. The fraction of sp³-hybridized carbons (Fsp3) is 0.256. The Balaban J connectivity index is 0.000000168.